The van der Waals surface area contributed by atoms with Gasteiger partial charge in [-0.15, -0.1) is 11.3 Å². The van der Waals surface area contributed by atoms with Gasteiger partial charge < -0.3 is 15.2 Å². The van der Waals surface area contributed by atoms with E-state index in [1.165, 1.54) is 24.8 Å². The largest absolute Gasteiger partial charge is 0.483 e. The van der Waals surface area contributed by atoms with Crippen LogP contribution < -0.4 is 15.2 Å². The molecule has 1 amide bonds. The normalized spacial score (nSPS) is 10.8. The van der Waals surface area contributed by atoms with E-state index in [9.17, 15) is 13.6 Å². The van der Waals surface area contributed by atoms with Gasteiger partial charge in [-0.3, -0.25) is 4.79 Å². The molecule has 124 valence electrons. The lowest BCUT2D eigenvalue weighted by Gasteiger charge is -2.09. The number of aromatic nitrogens is 2. The fourth-order valence-corrected chi connectivity index (χ4v) is 3.04. The van der Waals surface area contributed by atoms with Gasteiger partial charge in [0.15, 0.2) is 17.4 Å². The van der Waals surface area contributed by atoms with Crippen molar-refractivity contribution in [2.45, 2.75) is 6.61 Å². The molecule has 9 heteroatoms. The first-order valence-corrected chi connectivity index (χ1v) is 7.56. The van der Waals surface area contributed by atoms with Crippen molar-refractivity contribution in [3.63, 3.8) is 0 Å². The number of ether oxygens (including phenoxy) is 2. The summed E-state index contributed by atoms with van der Waals surface area (Å²) in [6.45, 7) is -0.118. The molecule has 0 atom stereocenters. The Morgan fingerprint density at radius 3 is 2.62 bits per heavy atom. The van der Waals surface area contributed by atoms with E-state index in [1.54, 1.807) is 5.38 Å². The fraction of sp³-hybridized carbons (Fsp3) is 0.133. The SMILES string of the molecule is COc1ncnc2scc(COc3c(F)cc(C(N)=O)cc3F)c12. The highest BCUT2D eigenvalue weighted by atomic mass is 32.1. The van der Waals surface area contributed by atoms with Crippen LogP contribution in [0.3, 0.4) is 0 Å². The molecule has 0 bridgehead atoms. The first-order valence-electron chi connectivity index (χ1n) is 6.68. The standard InChI is InChI=1S/C15H11F2N3O3S/c1-22-14-11-8(5-24-15(11)20-6-19-14)4-23-12-9(16)2-7(13(18)21)3-10(12)17/h2-3,5-6H,4H2,1H3,(H2,18,21). The van der Waals surface area contributed by atoms with Crippen molar-refractivity contribution >= 4 is 27.5 Å². The number of thiophene rings is 1. The van der Waals surface area contributed by atoms with Gasteiger partial charge in [-0.2, -0.15) is 0 Å². The Morgan fingerprint density at radius 2 is 2.00 bits per heavy atom. The summed E-state index contributed by atoms with van der Waals surface area (Å²) < 4.78 is 38.3. The third-order valence-corrected chi connectivity index (χ3v) is 4.19. The molecule has 0 unspecified atom stereocenters. The van der Waals surface area contributed by atoms with E-state index in [0.29, 0.717) is 21.7 Å². The number of carbonyl (C=O) groups is 1. The number of fused-ring (bicyclic) bond motifs is 1. The average molecular weight is 351 g/mol. The molecule has 0 fully saturated rings. The third-order valence-electron chi connectivity index (χ3n) is 3.26. The monoisotopic (exact) mass is 351 g/mol. The van der Waals surface area contributed by atoms with Crippen LogP contribution in [0.2, 0.25) is 0 Å². The highest BCUT2D eigenvalue weighted by molar-refractivity contribution is 7.17. The predicted molar refractivity (Wildman–Crippen MR) is 83.2 cm³/mol. The Balaban J connectivity index is 1.91. The number of methoxy groups -OCH3 is 1. The maximum atomic E-state index is 13.9. The van der Waals surface area contributed by atoms with E-state index >= 15 is 0 Å². The van der Waals surface area contributed by atoms with Crippen LogP contribution in [-0.2, 0) is 6.61 Å². The van der Waals surface area contributed by atoms with E-state index in [4.69, 9.17) is 15.2 Å². The van der Waals surface area contributed by atoms with Crippen LogP contribution in [0.25, 0.3) is 10.2 Å². The molecule has 0 saturated heterocycles. The van der Waals surface area contributed by atoms with Crippen molar-refractivity contribution in [2.24, 2.45) is 5.73 Å². The molecule has 3 aromatic rings. The molecule has 24 heavy (non-hydrogen) atoms. The highest BCUT2D eigenvalue weighted by Crippen LogP contribution is 2.32. The quantitative estimate of drug-likeness (QED) is 0.763. The van der Waals surface area contributed by atoms with Gasteiger partial charge in [0, 0.05) is 16.5 Å². The summed E-state index contributed by atoms with van der Waals surface area (Å²) >= 11 is 1.33. The van der Waals surface area contributed by atoms with Crippen LogP contribution in [0.5, 0.6) is 11.6 Å². The van der Waals surface area contributed by atoms with Gasteiger partial charge in [-0.25, -0.2) is 18.7 Å². The molecule has 2 N–H and O–H groups in total. The van der Waals surface area contributed by atoms with Crippen LogP contribution >= 0.6 is 11.3 Å². The Kier molecular flexibility index (Phi) is 4.26. The summed E-state index contributed by atoms with van der Waals surface area (Å²) in [5.41, 5.74) is 5.37. The highest BCUT2D eigenvalue weighted by Gasteiger charge is 2.17. The smallest absolute Gasteiger partial charge is 0.248 e. The molecule has 0 aliphatic carbocycles. The van der Waals surface area contributed by atoms with Gasteiger partial charge in [-0.1, -0.05) is 0 Å². The maximum absolute atomic E-state index is 13.9. The van der Waals surface area contributed by atoms with Crippen molar-refractivity contribution in [3.05, 3.63) is 46.6 Å². The van der Waals surface area contributed by atoms with Gasteiger partial charge in [0.2, 0.25) is 11.8 Å². The molecule has 0 radical (unpaired) electrons. The van der Waals surface area contributed by atoms with E-state index in [2.05, 4.69) is 9.97 Å². The fourth-order valence-electron chi connectivity index (χ4n) is 2.16. The Bertz CT molecular complexity index is 906. The zero-order valence-corrected chi connectivity index (χ0v) is 13.2. The second-order valence-corrected chi connectivity index (χ2v) is 5.60. The Hall–Kier alpha value is -2.81. The molecule has 0 aliphatic rings. The number of benzene rings is 1. The van der Waals surface area contributed by atoms with Gasteiger partial charge in [0.25, 0.3) is 0 Å². The minimum atomic E-state index is -1.01. The molecule has 0 aliphatic heterocycles. The predicted octanol–water partition coefficient (Wildman–Crippen LogP) is 2.66. The summed E-state index contributed by atoms with van der Waals surface area (Å²) in [7, 11) is 1.46. The zero-order valence-electron chi connectivity index (χ0n) is 12.4. The Morgan fingerprint density at radius 1 is 1.29 bits per heavy atom. The number of hydrogen-bond donors (Lipinski definition) is 1. The molecule has 2 heterocycles. The van der Waals surface area contributed by atoms with Crippen LogP contribution in [0, 0.1) is 11.6 Å². The van der Waals surface area contributed by atoms with Crippen molar-refractivity contribution < 1.29 is 23.0 Å². The first-order chi connectivity index (χ1) is 11.5. The number of hydrogen-bond acceptors (Lipinski definition) is 6. The summed E-state index contributed by atoms with van der Waals surface area (Å²) in [5.74, 6) is -3.18. The van der Waals surface area contributed by atoms with Crippen LogP contribution in [0.15, 0.2) is 23.8 Å². The molecule has 3 rings (SSSR count). The molecule has 2 aromatic heterocycles. The summed E-state index contributed by atoms with van der Waals surface area (Å²) in [6, 6.07) is 1.66. The summed E-state index contributed by atoms with van der Waals surface area (Å²) in [6.07, 6.45) is 1.37. The van der Waals surface area contributed by atoms with E-state index in [1.807, 2.05) is 0 Å². The van der Waals surface area contributed by atoms with Crippen molar-refractivity contribution in [1.82, 2.24) is 9.97 Å². The molecule has 6 nitrogen and oxygen atoms in total. The van der Waals surface area contributed by atoms with E-state index in [-0.39, 0.29) is 12.2 Å². The van der Waals surface area contributed by atoms with Gasteiger partial charge >= 0.3 is 0 Å². The number of amides is 1. The number of halogens is 2. The van der Waals surface area contributed by atoms with Crippen molar-refractivity contribution in [2.75, 3.05) is 7.11 Å². The molecule has 1 aromatic carbocycles. The first kappa shape index (κ1) is 16.1. The van der Waals surface area contributed by atoms with Crippen LogP contribution in [-0.4, -0.2) is 23.0 Å². The number of nitrogens with two attached hydrogens (primary N) is 1. The van der Waals surface area contributed by atoms with E-state index < -0.39 is 23.3 Å². The van der Waals surface area contributed by atoms with Gasteiger partial charge in [0.05, 0.1) is 12.5 Å². The number of nitrogens with zero attached hydrogens (tertiary/aromatic N) is 2. The second kappa shape index (κ2) is 6.36. The summed E-state index contributed by atoms with van der Waals surface area (Å²) in [4.78, 5) is 19.8. The van der Waals surface area contributed by atoms with E-state index in [0.717, 1.165) is 12.1 Å². The lowest BCUT2D eigenvalue weighted by Crippen LogP contribution is -2.12. The van der Waals surface area contributed by atoms with Gasteiger partial charge in [0.1, 0.15) is 17.8 Å². The number of primary amides is 1. The maximum Gasteiger partial charge on any atom is 0.248 e. The topological polar surface area (TPSA) is 87.3 Å². The van der Waals surface area contributed by atoms with Crippen molar-refractivity contribution in [1.29, 1.82) is 0 Å². The molecule has 0 saturated carbocycles. The Labute approximate surface area is 138 Å². The lowest BCUT2D eigenvalue weighted by molar-refractivity contribution is 0.0999. The zero-order chi connectivity index (χ0) is 17.3. The second-order valence-electron chi connectivity index (χ2n) is 4.75. The molecular weight excluding hydrogens is 340 g/mol. The number of rotatable bonds is 5. The third kappa shape index (κ3) is 2.85. The summed E-state index contributed by atoms with van der Waals surface area (Å²) in [5, 5.41) is 2.37. The molecule has 0 spiro atoms. The minimum Gasteiger partial charge on any atom is -0.483 e. The van der Waals surface area contributed by atoms with Crippen LogP contribution in [0.1, 0.15) is 15.9 Å². The molecular formula is C15H11F2N3O3S. The van der Waals surface area contributed by atoms with Gasteiger partial charge in [-0.05, 0) is 12.1 Å². The minimum absolute atomic E-state index is 0.118. The average Bonchev–Trinajstić information content (AvgIpc) is 2.97. The van der Waals surface area contributed by atoms with Crippen LogP contribution in [0.4, 0.5) is 8.78 Å². The van der Waals surface area contributed by atoms with Crippen molar-refractivity contribution in [3.8, 4) is 11.6 Å². The lowest BCUT2D eigenvalue weighted by atomic mass is 10.2. The number of carbonyl (C=O) groups excluding carboxylic acids is 1.